The zero-order chi connectivity index (χ0) is 15.0. The van der Waals surface area contributed by atoms with Crippen LogP contribution in [-0.2, 0) is 4.79 Å². The summed E-state index contributed by atoms with van der Waals surface area (Å²) in [6.45, 7) is 20.7. The highest BCUT2D eigenvalue weighted by molar-refractivity contribution is 6.04. The van der Waals surface area contributed by atoms with Crippen LogP contribution in [0.15, 0.2) is 11.3 Å². The molecular weight excluding hydrogens is 234 g/mol. The van der Waals surface area contributed by atoms with Gasteiger partial charge >= 0.3 is 0 Å². The molecule has 19 heavy (non-hydrogen) atoms. The van der Waals surface area contributed by atoms with E-state index in [1.807, 2.05) is 0 Å². The van der Waals surface area contributed by atoms with Crippen molar-refractivity contribution < 1.29 is 4.79 Å². The maximum absolute atomic E-state index is 12.5. The van der Waals surface area contributed by atoms with E-state index >= 15 is 0 Å². The summed E-state index contributed by atoms with van der Waals surface area (Å²) in [6.07, 6.45) is 0. The van der Waals surface area contributed by atoms with Crippen LogP contribution in [0.3, 0.4) is 0 Å². The average molecular weight is 263 g/mol. The largest absolute Gasteiger partial charge is 0.350 e. The molecule has 0 aromatic heterocycles. The van der Waals surface area contributed by atoms with Crippen molar-refractivity contribution in [2.24, 2.45) is 16.2 Å². The summed E-state index contributed by atoms with van der Waals surface area (Å²) < 4.78 is 0. The van der Waals surface area contributed by atoms with Crippen LogP contribution < -0.4 is 0 Å². The quantitative estimate of drug-likeness (QED) is 0.658. The lowest BCUT2D eigenvalue weighted by molar-refractivity contribution is -0.164. The molecule has 0 saturated carbocycles. The summed E-state index contributed by atoms with van der Waals surface area (Å²) in [4.78, 5) is 14.9. The van der Waals surface area contributed by atoms with Crippen molar-refractivity contribution in [1.29, 1.82) is 0 Å². The number of Topliss-reactive ketones (excluding diaryl/α,β-unsaturated/α-hetero) is 1. The first-order valence-electron chi connectivity index (χ1n) is 7.32. The Morgan fingerprint density at radius 1 is 0.895 bits per heavy atom. The van der Waals surface area contributed by atoms with Crippen molar-refractivity contribution in [2.75, 3.05) is 6.54 Å². The molecule has 0 aromatic carbocycles. The normalized spacial score (nSPS) is 28.1. The number of ketones is 1. The minimum Gasteiger partial charge on any atom is -0.350 e. The van der Waals surface area contributed by atoms with E-state index in [9.17, 15) is 4.79 Å². The Morgan fingerprint density at radius 2 is 1.37 bits per heavy atom. The van der Waals surface area contributed by atoms with Gasteiger partial charge in [-0.15, -0.1) is 0 Å². The van der Waals surface area contributed by atoms with Crippen molar-refractivity contribution in [1.82, 2.24) is 4.90 Å². The van der Waals surface area contributed by atoms with Gasteiger partial charge in [-0.25, -0.2) is 0 Å². The molecule has 2 heterocycles. The molecule has 1 atom stereocenters. The number of hydrogen-bond donors (Lipinski definition) is 0. The Labute approximate surface area is 118 Å². The zero-order valence-electron chi connectivity index (χ0n) is 14.1. The molecule has 0 bridgehead atoms. The number of allylic oxidation sites excluding steroid dienone is 1. The summed E-state index contributed by atoms with van der Waals surface area (Å²) >= 11 is 0. The Kier molecular flexibility index (Phi) is 2.65. The summed E-state index contributed by atoms with van der Waals surface area (Å²) in [6, 6.07) is 0. The van der Waals surface area contributed by atoms with E-state index in [0.29, 0.717) is 12.3 Å². The van der Waals surface area contributed by atoms with Gasteiger partial charge in [0, 0.05) is 11.1 Å². The van der Waals surface area contributed by atoms with Crippen LogP contribution in [0.1, 0.15) is 62.3 Å². The van der Waals surface area contributed by atoms with Gasteiger partial charge in [-0.3, -0.25) is 4.79 Å². The number of carbonyl (C=O) groups excluding carboxylic acids is 1. The van der Waals surface area contributed by atoms with Crippen molar-refractivity contribution in [3.05, 3.63) is 11.3 Å². The maximum atomic E-state index is 12.5. The van der Waals surface area contributed by atoms with Gasteiger partial charge < -0.3 is 4.90 Å². The van der Waals surface area contributed by atoms with E-state index in [1.54, 1.807) is 0 Å². The number of hydrogen-bond acceptors (Lipinski definition) is 2. The van der Waals surface area contributed by atoms with E-state index < -0.39 is 0 Å². The highest BCUT2D eigenvalue weighted by atomic mass is 16.1. The Morgan fingerprint density at radius 3 is 1.63 bits per heavy atom. The van der Waals surface area contributed by atoms with Gasteiger partial charge in [0.05, 0.1) is 6.54 Å². The lowest BCUT2D eigenvalue weighted by atomic mass is 9.49. The van der Waals surface area contributed by atoms with Gasteiger partial charge in [-0.05, 0) is 16.4 Å². The predicted octanol–water partition coefficient (Wildman–Crippen LogP) is 4.02. The first-order valence-corrected chi connectivity index (χ1v) is 7.32. The van der Waals surface area contributed by atoms with E-state index in [1.165, 1.54) is 11.3 Å². The molecule has 0 N–H and O–H groups in total. The third kappa shape index (κ3) is 1.58. The fourth-order valence-electron chi connectivity index (χ4n) is 4.09. The van der Waals surface area contributed by atoms with Crippen molar-refractivity contribution in [2.45, 2.75) is 67.9 Å². The lowest BCUT2D eigenvalue weighted by Gasteiger charge is -2.72. The fourth-order valence-corrected chi connectivity index (χ4v) is 4.09. The van der Waals surface area contributed by atoms with Crippen molar-refractivity contribution >= 4 is 5.78 Å². The number of fused-ring (bicyclic) bond motifs is 1. The molecule has 0 unspecified atom stereocenters. The van der Waals surface area contributed by atoms with E-state index in [-0.39, 0.29) is 21.8 Å². The summed E-state index contributed by atoms with van der Waals surface area (Å²) in [5.74, 6) is 0.401. The van der Waals surface area contributed by atoms with Crippen molar-refractivity contribution in [3.8, 4) is 0 Å². The molecule has 2 nitrogen and oxygen atoms in total. The molecule has 2 aliphatic heterocycles. The van der Waals surface area contributed by atoms with Crippen LogP contribution in [-0.4, -0.2) is 22.8 Å². The molecule has 2 heteroatoms. The van der Waals surface area contributed by atoms with Gasteiger partial charge in [0.2, 0.25) is 0 Å². The molecule has 0 amide bonds. The molecule has 2 aliphatic rings. The summed E-state index contributed by atoms with van der Waals surface area (Å²) in [5.41, 5.74) is 2.54. The minimum atomic E-state index is -0.339. The minimum absolute atomic E-state index is 0.0420. The second-order valence-electron chi connectivity index (χ2n) is 9.19. The van der Waals surface area contributed by atoms with Gasteiger partial charge in [0.15, 0.2) is 5.78 Å². The zero-order valence-corrected chi connectivity index (χ0v) is 14.1. The van der Waals surface area contributed by atoms with Crippen LogP contribution in [0.25, 0.3) is 0 Å². The molecule has 0 radical (unpaired) electrons. The molecule has 2 rings (SSSR count). The van der Waals surface area contributed by atoms with E-state index in [4.69, 9.17) is 0 Å². The van der Waals surface area contributed by atoms with Gasteiger partial charge in [-0.2, -0.15) is 0 Å². The monoisotopic (exact) mass is 263 g/mol. The van der Waals surface area contributed by atoms with Crippen molar-refractivity contribution in [3.63, 3.8) is 0 Å². The third-order valence-electron chi connectivity index (χ3n) is 4.52. The van der Waals surface area contributed by atoms with Crippen LogP contribution in [0.5, 0.6) is 0 Å². The Bertz CT molecular complexity index is 465. The number of rotatable bonds is 0. The van der Waals surface area contributed by atoms with Gasteiger partial charge in [0.25, 0.3) is 0 Å². The SMILES string of the molecule is CC(C)(C)C1=C(C(C)(C)C)[C@]2(C(C)(C)C)C(=O)CN12. The smallest absolute Gasteiger partial charge is 0.182 e. The highest BCUT2D eigenvalue weighted by Crippen LogP contribution is 2.65. The Balaban J connectivity index is 2.70. The van der Waals surface area contributed by atoms with Gasteiger partial charge in [0.1, 0.15) is 5.54 Å². The van der Waals surface area contributed by atoms with E-state index in [0.717, 1.165) is 0 Å². The second kappa shape index (κ2) is 3.45. The van der Waals surface area contributed by atoms with Crippen LogP contribution >= 0.6 is 0 Å². The van der Waals surface area contributed by atoms with E-state index in [2.05, 4.69) is 67.2 Å². The molecule has 0 spiro atoms. The Hall–Kier alpha value is -0.790. The molecule has 1 saturated heterocycles. The van der Waals surface area contributed by atoms with Gasteiger partial charge in [-0.1, -0.05) is 62.3 Å². The predicted molar refractivity (Wildman–Crippen MR) is 79.8 cm³/mol. The number of carbonyl (C=O) groups is 1. The van der Waals surface area contributed by atoms with Crippen LogP contribution in [0.4, 0.5) is 0 Å². The van der Waals surface area contributed by atoms with Crippen LogP contribution in [0, 0.1) is 16.2 Å². The summed E-state index contributed by atoms with van der Waals surface area (Å²) in [5, 5.41) is 0. The topological polar surface area (TPSA) is 20.3 Å². The number of nitrogens with zero attached hydrogens (tertiary/aromatic N) is 1. The molecule has 108 valence electrons. The third-order valence-corrected chi connectivity index (χ3v) is 4.52. The standard InChI is InChI=1S/C17H29NO/c1-14(2,3)12-13(15(4,5)6)18-10-11(19)17(12,18)16(7,8)9/h10H2,1-9H3/t17-/m0/s1. The molecule has 0 aromatic rings. The molecule has 0 aliphatic carbocycles. The van der Waals surface area contributed by atoms with Crippen LogP contribution in [0.2, 0.25) is 0 Å². The average Bonchev–Trinajstić information content (AvgIpc) is 2.05. The molecule has 1 fully saturated rings. The lowest BCUT2D eigenvalue weighted by Crippen LogP contribution is -2.82. The maximum Gasteiger partial charge on any atom is 0.182 e. The highest BCUT2D eigenvalue weighted by Gasteiger charge is 2.72. The summed E-state index contributed by atoms with van der Waals surface area (Å²) in [7, 11) is 0. The first-order chi connectivity index (χ1) is 8.25. The second-order valence-corrected chi connectivity index (χ2v) is 9.19. The molecular formula is C17H29NO. The fraction of sp³-hybridized carbons (Fsp3) is 0.824. The first kappa shape index (κ1) is 14.6.